The molecule has 26 heavy (non-hydrogen) atoms. The smallest absolute Gasteiger partial charge is 0.255 e. The largest absolute Gasteiger partial charge is 0.497 e. The third kappa shape index (κ3) is 4.00. The van der Waals surface area contributed by atoms with Crippen LogP contribution >= 0.6 is 0 Å². The number of benzene rings is 2. The maximum Gasteiger partial charge on any atom is 0.255 e. The number of hydrogen-bond donors (Lipinski definition) is 1. The highest BCUT2D eigenvalue weighted by molar-refractivity contribution is 5.99. The van der Waals surface area contributed by atoms with Crippen LogP contribution in [-0.4, -0.2) is 29.3 Å². The van der Waals surface area contributed by atoms with E-state index < -0.39 is 0 Å². The molecule has 5 nitrogen and oxygen atoms in total. The normalized spacial score (nSPS) is 10.3. The Kier molecular flexibility index (Phi) is 5.49. The van der Waals surface area contributed by atoms with Crippen molar-refractivity contribution < 1.29 is 9.53 Å². The molecule has 0 fully saturated rings. The van der Waals surface area contributed by atoms with Crippen molar-refractivity contribution in [2.75, 3.05) is 13.7 Å². The molecule has 2 aromatic carbocycles. The summed E-state index contributed by atoms with van der Waals surface area (Å²) in [4.78, 5) is 12.5. The first-order chi connectivity index (χ1) is 12.7. The van der Waals surface area contributed by atoms with Gasteiger partial charge in [-0.05, 0) is 29.8 Å². The molecule has 0 aliphatic rings. The molecule has 1 aromatic heterocycles. The van der Waals surface area contributed by atoms with Crippen LogP contribution in [-0.2, 0) is 6.54 Å². The van der Waals surface area contributed by atoms with Crippen LogP contribution in [0, 0.1) is 0 Å². The van der Waals surface area contributed by atoms with Crippen molar-refractivity contribution in [1.29, 1.82) is 0 Å². The number of carbonyl (C=O) groups is 1. The number of methoxy groups -OCH3 is 1. The molecule has 1 N–H and O–H groups in total. The van der Waals surface area contributed by atoms with E-state index in [9.17, 15) is 4.79 Å². The lowest BCUT2D eigenvalue weighted by Crippen LogP contribution is -2.23. The van der Waals surface area contributed by atoms with Gasteiger partial charge in [-0.25, -0.2) is 0 Å². The molecule has 0 aliphatic heterocycles. The maximum absolute atomic E-state index is 12.5. The van der Waals surface area contributed by atoms with Crippen molar-refractivity contribution in [1.82, 2.24) is 15.1 Å². The Bertz CT molecular complexity index is 883. The second-order valence-electron chi connectivity index (χ2n) is 5.80. The number of ether oxygens (including phenoxy) is 1. The van der Waals surface area contributed by atoms with Gasteiger partial charge in [0, 0.05) is 18.3 Å². The Hall–Kier alpha value is -3.34. The van der Waals surface area contributed by atoms with E-state index in [1.165, 1.54) is 0 Å². The van der Waals surface area contributed by atoms with Gasteiger partial charge >= 0.3 is 0 Å². The molecule has 3 aromatic rings. The van der Waals surface area contributed by atoms with E-state index in [1.54, 1.807) is 24.1 Å². The van der Waals surface area contributed by atoms with Crippen LogP contribution < -0.4 is 10.1 Å². The first-order valence-electron chi connectivity index (χ1n) is 8.36. The van der Waals surface area contributed by atoms with Gasteiger partial charge in [0.1, 0.15) is 11.4 Å². The Labute approximate surface area is 152 Å². The lowest BCUT2D eigenvalue weighted by Gasteiger charge is -2.04. The molecule has 5 heteroatoms. The summed E-state index contributed by atoms with van der Waals surface area (Å²) in [6.07, 6.45) is 3.43. The molecule has 0 saturated carbocycles. The van der Waals surface area contributed by atoms with Gasteiger partial charge in [-0.3, -0.25) is 9.48 Å². The number of aromatic nitrogens is 2. The highest BCUT2D eigenvalue weighted by Gasteiger charge is 2.17. The molecule has 0 unspecified atom stereocenters. The first-order valence-corrected chi connectivity index (χ1v) is 8.36. The SMILES string of the molecule is C=CCNC(=O)c1cn(Cc2ccccc2)nc1-c1ccc(OC)cc1. The molecular formula is C21H21N3O2. The fourth-order valence-corrected chi connectivity index (χ4v) is 2.66. The minimum atomic E-state index is -0.171. The summed E-state index contributed by atoms with van der Waals surface area (Å²) in [5, 5.41) is 7.47. The van der Waals surface area contributed by atoms with Crippen LogP contribution in [0.2, 0.25) is 0 Å². The molecule has 0 atom stereocenters. The number of nitrogens with zero attached hydrogens (tertiary/aromatic N) is 2. The second-order valence-corrected chi connectivity index (χ2v) is 5.80. The van der Waals surface area contributed by atoms with E-state index in [1.807, 2.05) is 54.6 Å². The maximum atomic E-state index is 12.5. The van der Waals surface area contributed by atoms with Crippen LogP contribution in [0.3, 0.4) is 0 Å². The summed E-state index contributed by atoms with van der Waals surface area (Å²) in [6, 6.07) is 17.5. The van der Waals surface area contributed by atoms with E-state index in [0.717, 1.165) is 16.9 Å². The van der Waals surface area contributed by atoms with Gasteiger partial charge in [-0.15, -0.1) is 6.58 Å². The third-order valence-electron chi connectivity index (χ3n) is 3.96. The minimum absolute atomic E-state index is 0.171. The van der Waals surface area contributed by atoms with Crippen molar-refractivity contribution >= 4 is 5.91 Å². The fourth-order valence-electron chi connectivity index (χ4n) is 2.66. The molecule has 0 bridgehead atoms. The molecule has 1 heterocycles. The van der Waals surface area contributed by atoms with Crippen molar-refractivity contribution in [3.63, 3.8) is 0 Å². The predicted octanol–water partition coefficient (Wildman–Crippen LogP) is 3.52. The summed E-state index contributed by atoms with van der Waals surface area (Å²) in [5.74, 6) is 0.588. The van der Waals surface area contributed by atoms with Crippen molar-refractivity contribution in [3.05, 3.63) is 84.6 Å². The Balaban J connectivity index is 1.96. The van der Waals surface area contributed by atoms with E-state index >= 15 is 0 Å². The van der Waals surface area contributed by atoms with E-state index in [4.69, 9.17) is 4.74 Å². The van der Waals surface area contributed by atoms with Gasteiger partial charge in [0.25, 0.3) is 5.91 Å². The third-order valence-corrected chi connectivity index (χ3v) is 3.96. The lowest BCUT2D eigenvalue weighted by molar-refractivity contribution is 0.0958. The van der Waals surface area contributed by atoms with Gasteiger partial charge in [0.2, 0.25) is 0 Å². The molecule has 0 spiro atoms. The average molecular weight is 347 g/mol. The zero-order valence-electron chi connectivity index (χ0n) is 14.7. The zero-order valence-corrected chi connectivity index (χ0v) is 14.7. The van der Waals surface area contributed by atoms with Crippen LogP contribution in [0.4, 0.5) is 0 Å². The van der Waals surface area contributed by atoms with Crippen LogP contribution in [0.15, 0.2) is 73.4 Å². The first kappa shape index (κ1) is 17.5. The summed E-state index contributed by atoms with van der Waals surface area (Å²) in [5.41, 5.74) is 3.16. The van der Waals surface area contributed by atoms with E-state index in [2.05, 4.69) is 17.0 Å². The molecule has 3 rings (SSSR count). The highest BCUT2D eigenvalue weighted by Crippen LogP contribution is 2.25. The molecule has 132 valence electrons. The monoisotopic (exact) mass is 347 g/mol. The topological polar surface area (TPSA) is 56.2 Å². The molecule has 0 aliphatic carbocycles. The summed E-state index contributed by atoms with van der Waals surface area (Å²) in [6.45, 7) is 4.64. The molecule has 1 amide bonds. The Morgan fingerprint density at radius 2 is 1.92 bits per heavy atom. The summed E-state index contributed by atoms with van der Waals surface area (Å²) < 4.78 is 6.99. The molecular weight excluding hydrogens is 326 g/mol. The summed E-state index contributed by atoms with van der Waals surface area (Å²) in [7, 11) is 1.62. The zero-order chi connectivity index (χ0) is 18.4. The molecule has 0 saturated heterocycles. The van der Waals surface area contributed by atoms with Crippen molar-refractivity contribution in [2.45, 2.75) is 6.54 Å². The van der Waals surface area contributed by atoms with Crippen molar-refractivity contribution in [2.24, 2.45) is 0 Å². The predicted molar refractivity (Wildman–Crippen MR) is 102 cm³/mol. The van der Waals surface area contributed by atoms with Gasteiger partial charge in [-0.1, -0.05) is 36.4 Å². The summed E-state index contributed by atoms with van der Waals surface area (Å²) >= 11 is 0. The number of amides is 1. The van der Waals surface area contributed by atoms with Gasteiger partial charge < -0.3 is 10.1 Å². The quantitative estimate of drug-likeness (QED) is 0.665. The van der Waals surface area contributed by atoms with Crippen molar-refractivity contribution in [3.8, 4) is 17.0 Å². The standard InChI is InChI=1S/C21H21N3O2/c1-3-13-22-21(25)19-15-24(14-16-7-5-4-6-8-16)23-20(19)17-9-11-18(26-2)12-10-17/h3-12,15H,1,13-14H2,2H3,(H,22,25). The average Bonchev–Trinajstić information content (AvgIpc) is 3.11. The highest BCUT2D eigenvalue weighted by atomic mass is 16.5. The minimum Gasteiger partial charge on any atom is -0.497 e. The number of nitrogens with one attached hydrogen (secondary N) is 1. The number of rotatable bonds is 7. The van der Waals surface area contributed by atoms with Gasteiger partial charge in [-0.2, -0.15) is 5.10 Å². The Morgan fingerprint density at radius 3 is 2.58 bits per heavy atom. The fraction of sp³-hybridized carbons (Fsp3) is 0.143. The van der Waals surface area contributed by atoms with Crippen LogP contribution in [0.1, 0.15) is 15.9 Å². The van der Waals surface area contributed by atoms with Crippen LogP contribution in [0.25, 0.3) is 11.3 Å². The van der Waals surface area contributed by atoms with E-state index in [0.29, 0.717) is 24.3 Å². The van der Waals surface area contributed by atoms with Crippen LogP contribution in [0.5, 0.6) is 5.75 Å². The van der Waals surface area contributed by atoms with E-state index in [-0.39, 0.29) is 5.91 Å². The number of carbonyl (C=O) groups excluding carboxylic acids is 1. The number of hydrogen-bond acceptors (Lipinski definition) is 3. The molecule has 0 radical (unpaired) electrons. The van der Waals surface area contributed by atoms with Gasteiger partial charge in [0.15, 0.2) is 0 Å². The Morgan fingerprint density at radius 1 is 1.19 bits per heavy atom. The second kappa shape index (κ2) is 8.16. The van der Waals surface area contributed by atoms with Gasteiger partial charge in [0.05, 0.1) is 19.2 Å². The lowest BCUT2D eigenvalue weighted by atomic mass is 10.1.